The lowest BCUT2D eigenvalue weighted by Crippen LogP contribution is -2.68. The number of aromatic nitrogens is 3. The quantitative estimate of drug-likeness (QED) is 0.102. The molecule has 0 aliphatic carbocycles. The van der Waals surface area contributed by atoms with Crippen LogP contribution in [0.15, 0.2) is 11.2 Å². The van der Waals surface area contributed by atoms with Crippen LogP contribution in [0.2, 0.25) is 0 Å². The molecule has 85 heavy (non-hydrogen) atoms. The van der Waals surface area contributed by atoms with E-state index in [0.29, 0.717) is 10.9 Å². The maximum Gasteiger partial charge on any atom is 0.315 e. The monoisotopic (exact) mass is 1270 g/mol. The molecule has 21 saturated heterocycles. The molecule has 490 valence electrons. The fourth-order valence-corrected chi connectivity index (χ4v) is 11.5. The average molecular weight is 1270 g/mol. The lowest BCUT2D eigenvalue weighted by Gasteiger charge is -2.50. The summed E-state index contributed by atoms with van der Waals surface area (Å²) in [4.78, 5) is 0. The van der Waals surface area contributed by atoms with Crippen molar-refractivity contribution < 1.29 is 181 Å². The van der Waals surface area contributed by atoms with Gasteiger partial charge in [-0.1, -0.05) is 5.21 Å². The van der Waals surface area contributed by atoms with Gasteiger partial charge < -0.3 is 168 Å². The summed E-state index contributed by atoms with van der Waals surface area (Å²) in [6.45, 7) is -7.34. The number of hydrogen-bond donors (Lipinski definition) is 21. The van der Waals surface area contributed by atoms with Gasteiger partial charge in [0, 0.05) is 0 Å². The van der Waals surface area contributed by atoms with E-state index in [0.717, 1.165) is 0 Å². The molecule has 35 atom stereocenters. The Morgan fingerprint density at radius 3 is 0.682 bits per heavy atom. The maximum absolute atomic E-state index is 11.9. The lowest BCUT2D eigenvalue weighted by atomic mass is 9.95. The predicted molar refractivity (Wildman–Crippen MR) is 251 cm³/mol. The molecule has 1 aromatic heterocycles. The molecule has 21 fully saturated rings. The molecule has 0 radical (unpaired) electrons. The molecule has 1 aromatic rings. The number of nitrogens with zero attached hydrogens (tertiary/aromatic N) is 3. The SMILES string of the molecule is O=S(=O)(O)c1cn(C[C@H]2O[C@@H]3O[C@H]4[C@H](O)[C@@H](O)[C@@H](O[C@H]5[C@H](O)[C@@H](O)[C@@H](O[C@H]6[C@H](O)[C@@H](O)[C@@H](O[C@H]7[C@H](O)[C@@H](O)[C@@H](O[C@H]8[C@H](O)[C@@H](O)[C@@H](O[C@H]9[C@H](O)[C@@H](O)[C@@H](O[C@H]2[C@H](O)[C@H]3O)O[C@@H]9CO)O[C@@H]8CO)O[C@@H]7CO)O[C@@H]6CO)O[C@@H]5CO)O[C@@H]4CO)nn1. The molecule has 22 heterocycles. The third kappa shape index (κ3) is 13.4. The summed E-state index contributed by atoms with van der Waals surface area (Å²) in [5.74, 6) is 0. The smallest absolute Gasteiger partial charge is 0.315 e. The van der Waals surface area contributed by atoms with Crippen LogP contribution in [0.3, 0.4) is 0 Å². The molecular formula is C44H71N3O37S. The Morgan fingerprint density at radius 1 is 0.318 bits per heavy atom. The first-order chi connectivity index (χ1) is 40.3. The van der Waals surface area contributed by atoms with Gasteiger partial charge in [-0.3, -0.25) is 4.55 Å². The number of rotatable bonds is 9. The van der Waals surface area contributed by atoms with Crippen molar-refractivity contribution in [1.82, 2.24) is 15.0 Å². The Labute approximate surface area is 478 Å². The first kappa shape index (κ1) is 67.1. The Morgan fingerprint density at radius 2 is 0.506 bits per heavy atom. The fourth-order valence-electron chi connectivity index (χ4n) is 11.1. The first-order valence-electron chi connectivity index (χ1n) is 26.5. The standard InChI is InChI=1S/C44H71N3O37S/c48-3-10-32-19(56)26(63)40(73-10)81-34-12(5-50)75-42(28(65)21(34)58)83-36-14(7-52)77-44(30(67)23(36)60)84-37-15(8-53)76-43(29(66)22(37)59)82-35-13(6-51)74-41(27(64)20(35)57)80-33-11(4-49)72-39(25(62)18(33)55)78-31-9(71-38(79-32)24(61)17(31)54)1-47-2-16(45-46-47)85(68,69)70/h2,9-15,17-44,48-67H,1,3-8H2,(H,68,69,70)/t9-,10-,11-,12-,13-,14-,15-,17-,18-,19-,20-,21-,22-,23-,24-,25-,26-,27-,28-,29-,30-,31-,32-,33-,34-,35-,36-,37-,38-,39-,40-,41-,42-,43-,44-/m1/s1. The second kappa shape index (κ2) is 27.7. The van der Waals surface area contributed by atoms with Crippen molar-refractivity contribution in [3.8, 4) is 0 Å². The minimum Gasteiger partial charge on any atom is -0.394 e. The number of ether oxygens (including phenoxy) is 14. The molecule has 22 rings (SSSR count). The Bertz CT molecular complexity index is 2390. The van der Waals surface area contributed by atoms with Gasteiger partial charge in [-0.05, 0) is 0 Å². The lowest BCUT2D eigenvalue weighted by molar-refractivity contribution is -0.396. The largest absolute Gasteiger partial charge is 0.394 e. The molecule has 0 saturated carbocycles. The summed E-state index contributed by atoms with van der Waals surface area (Å²) in [7, 11) is -5.00. The van der Waals surface area contributed by atoms with E-state index in [1.807, 2.05) is 0 Å². The normalized spacial score (nSPS) is 51.5. The van der Waals surface area contributed by atoms with Gasteiger partial charge in [-0.25, -0.2) is 4.68 Å². The highest BCUT2D eigenvalue weighted by Gasteiger charge is 2.59. The third-order valence-corrected chi connectivity index (χ3v) is 16.5. The van der Waals surface area contributed by atoms with Crippen LogP contribution in [-0.2, 0) is 83.0 Å². The van der Waals surface area contributed by atoms with Crippen LogP contribution >= 0.6 is 0 Å². The Kier molecular flexibility index (Phi) is 21.8. The fraction of sp³-hybridized carbons (Fsp3) is 0.955. The van der Waals surface area contributed by atoms with Gasteiger partial charge >= 0.3 is 10.1 Å². The van der Waals surface area contributed by atoms with Crippen molar-refractivity contribution in [2.24, 2.45) is 0 Å². The van der Waals surface area contributed by atoms with E-state index in [1.165, 1.54) is 0 Å². The number of aliphatic hydroxyl groups excluding tert-OH is 20. The summed E-state index contributed by atoms with van der Waals surface area (Å²) >= 11 is 0. The van der Waals surface area contributed by atoms with E-state index in [1.54, 1.807) is 0 Å². The second-order valence-electron chi connectivity index (χ2n) is 21.2. The third-order valence-electron chi connectivity index (χ3n) is 15.8. The molecule has 21 aliphatic heterocycles. The summed E-state index contributed by atoms with van der Waals surface area (Å²) in [6, 6.07) is 0. The van der Waals surface area contributed by atoms with Crippen molar-refractivity contribution in [2.75, 3.05) is 39.6 Å². The Hall–Kier alpha value is -2.31. The van der Waals surface area contributed by atoms with E-state index in [4.69, 9.17) is 66.3 Å². The van der Waals surface area contributed by atoms with E-state index in [9.17, 15) is 115 Å². The molecule has 40 nitrogen and oxygen atoms in total. The zero-order valence-electron chi connectivity index (χ0n) is 43.9. The van der Waals surface area contributed by atoms with Crippen molar-refractivity contribution in [3.05, 3.63) is 6.20 Å². The molecule has 0 amide bonds. The van der Waals surface area contributed by atoms with Crippen molar-refractivity contribution in [1.29, 1.82) is 0 Å². The molecule has 0 spiro atoms. The first-order valence-corrected chi connectivity index (χ1v) is 27.9. The minimum atomic E-state index is -5.00. The molecule has 21 N–H and O–H groups in total. The van der Waals surface area contributed by atoms with Gasteiger partial charge in [0.1, 0.15) is 171 Å². The van der Waals surface area contributed by atoms with E-state index >= 15 is 0 Å². The topological polar surface area (TPSA) is 619 Å². The van der Waals surface area contributed by atoms with Crippen LogP contribution in [0.5, 0.6) is 0 Å². The highest BCUT2D eigenvalue weighted by atomic mass is 32.2. The van der Waals surface area contributed by atoms with Crippen LogP contribution < -0.4 is 0 Å². The molecule has 14 bridgehead atoms. The summed E-state index contributed by atoms with van der Waals surface area (Å²) < 4.78 is 114. The van der Waals surface area contributed by atoms with Crippen molar-refractivity contribution >= 4 is 10.1 Å². The van der Waals surface area contributed by atoms with Crippen molar-refractivity contribution in [2.45, 2.75) is 227 Å². The average Bonchev–Trinajstić information content (AvgIpc) is 3.55. The molecule has 41 heteroatoms. The zero-order valence-corrected chi connectivity index (χ0v) is 44.7. The minimum absolute atomic E-state index is 0.672. The summed E-state index contributed by atoms with van der Waals surface area (Å²) in [6.07, 6.45) is -72.0. The predicted octanol–water partition coefficient (Wildman–Crippen LogP) is -15.7. The van der Waals surface area contributed by atoms with E-state index in [-0.39, 0.29) is 0 Å². The number of hydrogen-bond acceptors (Lipinski definition) is 38. The summed E-state index contributed by atoms with van der Waals surface area (Å²) in [5, 5.41) is 229. The van der Waals surface area contributed by atoms with Gasteiger partial charge in [-0.15, -0.1) is 5.10 Å². The Balaban J connectivity index is 1.03. The van der Waals surface area contributed by atoms with Crippen LogP contribution in [0.4, 0.5) is 0 Å². The number of aliphatic hydroxyl groups is 20. The summed E-state index contributed by atoms with van der Waals surface area (Å²) in [5.41, 5.74) is 0. The van der Waals surface area contributed by atoms with Crippen LogP contribution in [0, 0.1) is 0 Å². The van der Waals surface area contributed by atoms with Crippen LogP contribution in [-0.4, -0.2) is 385 Å². The van der Waals surface area contributed by atoms with Gasteiger partial charge in [0.25, 0.3) is 0 Å². The molecular weight excluding hydrogens is 1190 g/mol. The highest BCUT2D eigenvalue weighted by molar-refractivity contribution is 7.85. The molecule has 0 aromatic carbocycles. The molecule has 0 unspecified atom stereocenters. The van der Waals surface area contributed by atoms with Gasteiger partial charge in [0.15, 0.2) is 44.0 Å². The van der Waals surface area contributed by atoms with E-state index < -0.39 is 276 Å². The second-order valence-corrected chi connectivity index (χ2v) is 22.6. The van der Waals surface area contributed by atoms with E-state index in [2.05, 4.69) is 10.3 Å². The maximum atomic E-state index is 11.9. The zero-order chi connectivity index (χ0) is 61.8. The van der Waals surface area contributed by atoms with Gasteiger partial charge in [-0.2, -0.15) is 8.42 Å². The van der Waals surface area contributed by atoms with Crippen molar-refractivity contribution in [3.63, 3.8) is 0 Å². The van der Waals surface area contributed by atoms with Crippen LogP contribution in [0.1, 0.15) is 0 Å². The highest BCUT2D eigenvalue weighted by Crippen LogP contribution is 2.39. The van der Waals surface area contributed by atoms with Gasteiger partial charge in [0.2, 0.25) is 5.03 Å². The van der Waals surface area contributed by atoms with Gasteiger partial charge in [0.05, 0.1) is 52.4 Å². The molecule has 21 aliphatic rings. The van der Waals surface area contributed by atoms with Crippen LogP contribution in [0.25, 0.3) is 0 Å².